The molecule has 0 aliphatic heterocycles. The minimum Gasteiger partial charge on any atom is -0.320 e. The highest BCUT2D eigenvalue weighted by molar-refractivity contribution is 6.10. The first kappa shape index (κ1) is 16.0. The van der Waals surface area contributed by atoms with Crippen LogP contribution in [0.4, 0.5) is 0 Å². The molecule has 0 spiro atoms. The van der Waals surface area contributed by atoms with Gasteiger partial charge in [-0.25, -0.2) is 4.98 Å². The maximum atomic E-state index is 5.57. The summed E-state index contributed by atoms with van der Waals surface area (Å²) in [7, 11) is 0. The van der Waals surface area contributed by atoms with Crippen molar-refractivity contribution in [1.29, 1.82) is 0 Å². The topological polar surface area (TPSA) is 96.3 Å². The molecule has 4 N–H and O–H groups in total. The van der Waals surface area contributed by atoms with E-state index in [4.69, 9.17) is 10.7 Å². The number of aromatic nitrogens is 5. The molecule has 0 atom stereocenters. The lowest BCUT2D eigenvalue weighted by Crippen LogP contribution is -2.08. The van der Waals surface area contributed by atoms with Gasteiger partial charge in [0.15, 0.2) is 0 Å². The standard InChI is InChI=1S/C21H20N6/c1-12-15(11-23-25-12)21-14-6-3-2-5-13(14)19-16(24-21)8-9-18-20(19)17(26-27-18)7-4-10-22/h8-9,11H,2-3,5-6,10,22H2,1H3,(H,23,25)(H,26,27). The molecule has 134 valence electrons. The van der Waals surface area contributed by atoms with E-state index in [9.17, 15) is 0 Å². The molecule has 0 saturated carbocycles. The predicted octanol–water partition coefficient (Wildman–Crippen LogP) is 3.00. The normalized spacial score (nSPS) is 13.6. The molecule has 3 heterocycles. The number of H-pyrrole nitrogens is 2. The van der Waals surface area contributed by atoms with Crippen LogP contribution in [0.25, 0.3) is 33.1 Å². The monoisotopic (exact) mass is 356 g/mol. The lowest BCUT2D eigenvalue weighted by atomic mass is 9.85. The summed E-state index contributed by atoms with van der Waals surface area (Å²) < 4.78 is 0. The van der Waals surface area contributed by atoms with Crippen LogP contribution in [0.5, 0.6) is 0 Å². The van der Waals surface area contributed by atoms with Gasteiger partial charge in [0, 0.05) is 22.0 Å². The first-order chi connectivity index (χ1) is 13.3. The van der Waals surface area contributed by atoms with E-state index in [1.807, 2.05) is 19.2 Å². The zero-order valence-corrected chi connectivity index (χ0v) is 15.2. The van der Waals surface area contributed by atoms with Gasteiger partial charge in [0.25, 0.3) is 0 Å². The van der Waals surface area contributed by atoms with Crippen molar-refractivity contribution in [2.75, 3.05) is 6.54 Å². The van der Waals surface area contributed by atoms with Crippen LogP contribution in [0.1, 0.15) is 35.4 Å². The highest BCUT2D eigenvalue weighted by Gasteiger charge is 2.23. The molecular formula is C21H20N6. The van der Waals surface area contributed by atoms with Crippen LogP contribution >= 0.6 is 0 Å². The van der Waals surface area contributed by atoms with E-state index < -0.39 is 0 Å². The van der Waals surface area contributed by atoms with Gasteiger partial charge in [-0.1, -0.05) is 5.92 Å². The number of hydrogen-bond donors (Lipinski definition) is 3. The van der Waals surface area contributed by atoms with E-state index in [-0.39, 0.29) is 0 Å². The van der Waals surface area contributed by atoms with Crippen LogP contribution in [0, 0.1) is 18.8 Å². The van der Waals surface area contributed by atoms with Crippen LogP contribution in [-0.2, 0) is 12.8 Å². The smallest absolute Gasteiger partial charge is 0.116 e. The molecule has 1 aliphatic rings. The number of aryl methyl sites for hydroxylation is 2. The van der Waals surface area contributed by atoms with Crippen molar-refractivity contribution in [1.82, 2.24) is 25.4 Å². The lowest BCUT2D eigenvalue weighted by Gasteiger charge is -2.21. The Kier molecular flexibility index (Phi) is 3.69. The second-order valence-electron chi connectivity index (χ2n) is 6.99. The highest BCUT2D eigenvalue weighted by Crippen LogP contribution is 2.38. The number of nitrogens with one attached hydrogen (secondary N) is 2. The first-order valence-corrected chi connectivity index (χ1v) is 9.29. The molecule has 5 rings (SSSR count). The summed E-state index contributed by atoms with van der Waals surface area (Å²) in [5.41, 5.74) is 14.2. The molecular weight excluding hydrogens is 336 g/mol. The Hall–Kier alpha value is -3.17. The number of benzene rings is 1. The van der Waals surface area contributed by atoms with Crippen LogP contribution in [0.2, 0.25) is 0 Å². The van der Waals surface area contributed by atoms with E-state index in [1.54, 1.807) is 0 Å². The lowest BCUT2D eigenvalue weighted by molar-refractivity contribution is 0.689. The van der Waals surface area contributed by atoms with Gasteiger partial charge in [0.05, 0.1) is 29.5 Å². The van der Waals surface area contributed by atoms with Gasteiger partial charge in [-0.15, -0.1) is 0 Å². The average Bonchev–Trinajstić information content (AvgIpc) is 3.31. The fraction of sp³-hybridized carbons (Fsp3) is 0.286. The zero-order valence-electron chi connectivity index (χ0n) is 15.2. The van der Waals surface area contributed by atoms with Gasteiger partial charge in [-0.2, -0.15) is 10.2 Å². The molecule has 27 heavy (non-hydrogen) atoms. The molecule has 1 aromatic carbocycles. The zero-order chi connectivity index (χ0) is 18.4. The molecule has 0 amide bonds. The van der Waals surface area contributed by atoms with Crippen molar-refractivity contribution in [3.63, 3.8) is 0 Å². The van der Waals surface area contributed by atoms with E-state index in [0.29, 0.717) is 6.54 Å². The van der Waals surface area contributed by atoms with Crippen LogP contribution in [0.15, 0.2) is 18.3 Å². The fourth-order valence-corrected chi connectivity index (χ4v) is 4.17. The molecule has 0 unspecified atom stereocenters. The largest absolute Gasteiger partial charge is 0.320 e. The average molecular weight is 356 g/mol. The van der Waals surface area contributed by atoms with Crippen molar-refractivity contribution < 1.29 is 0 Å². The predicted molar refractivity (Wildman–Crippen MR) is 106 cm³/mol. The minimum atomic E-state index is 0.325. The van der Waals surface area contributed by atoms with Gasteiger partial charge >= 0.3 is 0 Å². The molecule has 0 saturated heterocycles. The molecule has 6 nitrogen and oxygen atoms in total. The quantitative estimate of drug-likeness (QED) is 0.457. The molecule has 6 heteroatoms. The number of fused-ring (bicyclic) bond motifs is 5. The minimum absolute atomic E-state index is 0.325. The SMILES string of the molecule is Cc1[nH]ncc1-c1nc2ccc3n[nH]c(C#CCN)c3c2c2c1CCCC2. The second-order valence-corrected chi connectivity index (χ2v) is 6.99. The fourth-order valence-electron chi connectivity index (χ4n) is 4.17. The van der Waals surface area contributed by atoms with Gasteiger partial charge < -0.3 is 5.73 Å². The number of hydrogen-bond acceptors (Lipinski definition) is 4. The highest BCUT2D eigenvalue weighted by atomic mass is 15.1. The summed E-state index contributed by atoms with van der Waals surface area (Å²) >= 11 is 0. The molecule has 4 aromatic rings. The summed E-state index contributed by atoms with van der Waals surface area (Å²) in [6.07, 6.45) is 6.34. The Balaban J connectivity index is 1.90. The molecule has 0 bridgehead atoms. The van der Waals surface area contributed by atoms with E-state index in [0.717, 1.165) is 51.9 Å². The molecule has 1 aliphatic carbocycles. The number of nitrogens with zero attached hydrogens (tertiary/aromatic N) is 3. The van der Waals surface area contributed by atoms with Gasteiger partial charge in [-0.3, -0.25) is 10.2 Å². The summed E-state index contributed by atoms with van der Waals surface area (Å²) in [6.45, 7) is 2.37. The molecule has 3 aromatic heterocycles. The summed E-state index contributed by atoms with van der Waals surface area (Å²) in [4.78, 5) is 5.07. The molecule has 0 radical (unpaired) electrons. The van der Waals surface area contributed by atoms with Crippen molar-refractivity contribution in [2.45, 2.75) is 32.6 Å². The second kappa shape index (κ2) is 6.22. The van der Waals surface area contributed by atoms with Gasteiger partial charge in [-0.05, 0) is 61.8 Å². The van der Waals surface area contributed by atoms with E-state index in [1.165, 1.54) is 29.4 Å². The summed E-state index contributed by atoms with van der Waals surface area (Å²) in [6, 6.07) is 4.07. The molecule has 0 fully saturated rings. The third-order valence-electron chi connectivity index (χ3n) is 5.39. The number of aromatic amines is 2. The van der Waals surface area contributed by atoms with E-state index >= 15 is 0 Å². The summed E-state index contributed by atoms with van der Waals surface area (Å²) in [5, 5.41) is 17.0. The Bertz CT molecular complexity index is 1230. The van der Waals surface area contributed by atoms with Gasteiger partial charge in [0.2, 0.25) is 0 Å². The number of pyridine rings is 1. The number of rotatable bonds is 1. The Morgan fingerprint density at radius 1 is 1.07 bits per heavy atom. The van der Waals surface area contributed by atoms with Crippen molar-refractivity contribution >= 4 is 21.8 Å². The number of nitrogens with two attached hydrogens (primary N) is 1. The third kappa shape index (κ3) is 2.43. The Morgan fingerprint density at radius 2 is 1.89 bits per heavy atom. The van der Waals surface area contributed by atoms with Crippen LogP contribution < -0.4 is 5.73 Å². The maximum absolute atomic E-state index is 5.57. The maximum Gasteiger partial charge on any atom is 0.116 e. The van der Waals surface area contributed by atoms with Crippen LogP contribution in [-0.4, -0.2) is 31.9 Å². The van der Waals surface area contributed by atoms with Crippen LogP contribution in [0.3, 0.4) is 0 Å². The van der Waals surface area contributed by atoms with Crippen molar-refractivity contribution in [3.05, 3.63) is 40.8 Å². The summed E-state index contributed by atoms with van der Waals surface area (Å²) in [5.74, 6) is 6.08. The Labute approximate surface area is 156 Å². The third-order valence-corrected chi connectivity index (χ3v) is 5.39. The Morgan fingerprint density at radius 3 is 2.67 bits per heavy atom. The van der Waals surface area contributed by atoms with Gasteiger partial charge in [0.1, 0.15) is 5.69 Å². The van der Waals surface area contributed by atoms with E-state index in [2.05, 4.69) is 38.3 Å². The first-order valence-electron chi connectivity index (χ1n) is 9.29. The van der Waals surface area contributed by atoms with Crippen molar-refractivity contribution in [2.24, 2.45) is 5.73 Å². The van der Waals surface area contributed by atoms with Crippen molar-refractivity contribution in [3.8, 4) is 23.1 Å².